The molecule has 0 saturated carbocycles. The zero-order valence-electron chi connectivity index (χ0n) is 10.6. The van der Waals surface area contributed by atoms with E-state index < -0.39 is 9.84 Å². The third kappa shape index (κ3) is 4.88. The fourth-order valence-electron chi connectivity index (χ4n) is 1.50. The number of benzene rings is 1. The predicted molar refractivity (Wildman–Crippen MR) is 71.0 cm³/mol. The van der Waals surface area contributed by atoms with Crippen molar-refractivity contribution in [3.8, 4) is 0 Å². The van der Waals surface area contributed by atoms with Crippen molar-refractivity contribution in [3.05, 3.63) is 29.8 Å². The molecule has 0 unspecified atom stereocenters. The fraction of sp³-hybridized carbons (Fsp3) is 0.538. The molecular weight excluding hydrogens is 234 g/mol. The van der Waals surface area contributed by atoms with E-state index in [1.165, 1.54) is 0 Å². The van der Waals surface area contributed by atoms with Crippen LogP contribution in [0.3, 0.4) is 0 Å². The van der Waals surface area contributed by atoms with Gasteiger partial charge in [-0.2, -0.15) is 0 Å². The molecule has 96 valence electrons. The average molecular weight is 255 g/mol. The van der Waals surface area contributed by atoms with E-state index in [2.05, 4.69) is 12.2 Å². The third-order valence-electron chi connectivity index (χ3n) is 2.63. The SMILES string of the molecule is CCCCNCCS(=O)(=O)c1ccc(C)cc1. The van der Waals surface area contributed by atoms with Crippen LogP contribution in [0.1, 0.15) is 25.3 Å². The molecule has 0 aromatic heterocycles. The highest BCUT2D eigenvalue weighted by Crippen LogP contribution is 2.11. The van der Waals surface area contributed by atoms with Crippen LogP contribution in [0.2, 0.25) is 0 Å². The molecule has 0 bridgehead atoms. The van der Waals surface area contributed by atoms with Gasteiger partial charge in [-0.05, 0) is 32.0 Å². The van der Waals surface area contributed by atoms with E-state index in [-0.39, 0.29) is 5.75 Å². The molecule has 0 atom stereocenters. The second-order valence-corrected chi connectivity index (χ2v) is 6.34. The van der Waals surface area contributed by atoms with E-state index in [1.807, 2.05) is 19.1 Å². The normalized spacial score (nSPS) is 11.6. The topological polar surface area (TPSA) is 46.2 Å². The van der Waals surface area contributed by atoms with Gasteiger partial charge in [-0.25, -0.2) is 8.42 Å². The predicted octanol–water partition coefficient (Wildman–Crippen LogP) is 2.16. The Kier molecular flexibility index (Phi) is 5.65. The van der Waals surface area contributed by atoms with Crippen molar-refractivity contribution in [2.75, 3.05) is 18.8 Å². The van der Waals surface area contributed by atoms with Crippen molar-refractivity contribution in [2.45, 2.75) is 31.6 Å². The molecule has 0 spiro atoms. The Hall–Kier alpha value is -0.870. The van der Waals surface area contributed by atoms with Gasteiger partial charge in [0.25, 0.3) is 0 Å². The van der Waals surface area contributed by atoms with Gasteiger partial charge >= 0.3 is 0 Å². The smallest absolute Gasteiger partial charge is 0.179 e. The number of rotatable bonds is 7. The van der Waals surface area contributed by atoms with E-state index in [0.717, 1.165) is 24.9 Å². The minimum Gasteiger partial charge on any atom is -0.316 e. The van der Waals surface area contributed by atoms with Crippen molar-refractivity contribution in [3.63, 3.8) is 0 Å². The first-order valence-corrected chi connectivity index (χ1v) is 7.71. The van der Waals surface area contributed by atoms with Crippen LogP contribution in [0.4, 0.5) is 0 Å². The van der Waals surface area contributed by atoms with Gasteiger partial charge in [0.1, 0.15) is 0 Å². The first kappa shape index (κ1) is 14.2. The van der Waals surface area contributed by atoms with Gasteiger partial charge in [0.2, 0.25) is 0 Å². The lowest BCUT2D eigenvalue weighted by atomic mass is 10.2. The molecule has 0 aliphatic heterocycles. The fourth-order valence-corrected chi connectivity index (χ4v) is 2.70. The molecule has 3 nitrogen and oxygen atoms in total. The van der Waals surface area contributed by atoms with Crippen LogP contribution in [-0.4, -0.2) is 27.3 Å². The van der Waals surface area contributed by atoms with Crippen molar-refractivity contribution in [1.29, 1.82) is 0 Å². The van der Waals surface area contributed by atoms with Crippen LogP contribution in [0.5, 0.6) is 0 Å². The quantitative estimate of drug-likeness (QED) is 0.759. The largest absolute Gasteiger partial charge is 0.316 e. The molecule has 1 aromatic carbocycles. The van der Waals surface area contributed by atoms with Gasteiger partial charge in [0, 0.05) is 6.54 Å². The minimum atomic E-state index is -3.13. The Bertz CT molecular complexity index is 423. The van der Waals surface area contributed by atoms with Crippen LogP contribution in [0.25, 0.3) is 0 Å². The number of hydrogen-bond donors (Lipinski definition) is 1. The highest BCUT2D eigenvalue weighted by molar-refractivity contribution is 7.91. The average Bonchev–Trinajstić information content (AvgIpc) is 2.29. The Morgan fingerprint density at radius 1 is 1.12 bits per heavy atom. The minimum absolute atomic E-state index is 0.166. The lowest BCUT2D eigenvalue weighted by molar-refractivity contribution is 0.588. The van der Waals surface area contributed by atoms with Crippen LogP contribution < -0.4 is 5.32 Å². The molecule has 4 heteroatoms. The molecule has 17 heavy (non-hydrogen) atoms. The summed E-state index contributed by atoms with van der Waals surface area (Å²) < 4.78 is 23.9. The number of nitrogens with one attached hydrogen (secondary N) is 1. The lowest BCUT2D eigenvalue weighted by Gasteiger charge is -2.06. The first-order chi connectivity index (χ1) is 8.06. The van der Waals surface area contributed by atoms with Gasteiger partial charge in [-0.15, -0.1) is 0 Å². The van der Waals surface area contributed by atoms with Crippen LogP contribution in [-0.2, 0) is 9.84 Å². The zero-order valence-corrected chi connectivity index (χ0v) is 11.4. The summed E-state index contributed by atoms with van der Waals surface area (Å²) in [7, 11) is -3.13. The maximum absolute atomic E-state index is 11.9. The summed E-state index contributed by atoms with van der Waals surface area (Å²) in [5.41, 5.74) is 1.07. The van der Waals surface area contributed by atoms with Crippen molar-refractivity contribution in [1.82, 2.24) is 5.32 Å². The highest BCUT2D eigenvalue weighted by atomic mass is 32.2. The number of unbranched alkanes of at least 4 members (excludes halogenated alkanes) is 1. The second kappa shape index (κ2) is 6.77. The molecule has 1 N–H and O–H groups in total. The summed E-state index contributed by atoms with van der Waals surface area (Å²) in [5.74, 6) is 0.166. The molecular formula is C13H21NO2S. The zero-order chi connectivity index (χ0) is 12.7. The molecule has 0 aliphatic rings. The first-order valence-electron chi connectivity index (χ1n) is 6.06. The van der Waals surface area contributed by atoms with Gasteiger partial charge in [0.05, 0.1) is 10.6 Å². The molecule has 0 saturated heterocycles. The summed E-state index contributed by atoms with van der Waals surface area (Å²) in [6.07, 6.45) is 2.21. The Morgan fingerprint density at radius 2 is 1.76 bits per heavy atom. The maximum Gasteiger partial charge on any atom is 0.179 e. The van der Waals surface area contributed by atoms with Crippen molar-refractivity contribution in [2.24, 2.45) is 0 Å². The van der Waals surface area contributed by atoms with E-state index in [4.69, 9.17) is 0 Å². The van der Waals surface area contributed by atoms with Crippen LogP contribution in [0.15, 0.2) is 29.2 Å². The number of sulfone groups is 1. The molecule has 1 aromatic rings. The van der Waals surface area contributed by atoms with E-state index in [0.29, 0.717) is 11.4 Å². The molecule has 0 aliphatic carbocycles. The standard InChI is InChI=1S/C13H21NO2S/c1-3-4-9-14-10-11-17(15,16)13-7-5-12(2)6-8-13/h5-8,14H,3-4,9-11H2,1-2H3. The summed E-state index contributed by atoms with van der Waals surface area (Å²) in [6, 6.07) is 7.02. The van der Waals surface area contributed by atoms with Crippen LogP contribution >= 0.6 is 0 Å². The number of hydrogen-bond acceptors (Lipinski definition) is 3. The molecule has 0 fully saturated rings. The van der Waals surface area contributed by atoms with Crippen LogP contribution in [0, 0.1) is 6.92 Å². The summed E-state index contributed by atoms with van der Waals surface area (Å²) in [4.78, 5) is 0.417. The van der Waals surface area contributed by atoms with E-state index in [9.17, 15) is 8.42 Å². The second-order valence-electron chi connectivity index (χ2n) is 4.24. The highest BCUT2D eigenvalue weighted by Gasteiger charge is 2.12. The van der Waals surface area contributed by atoms with Gasteiger partial charge in [0.15, 0.2) is 9.84 Å². The molecule has 0 heterocycles. The van der Waals surface area contributed by atoms with E-state index in [1.54, 1.807) is 12.1 Å². The Morgan fingerprint density at radius 3 is 2.35 bits per heavy atom. The monoisotopic (exact) mass is 255 g/mol. The molecule has 0 amide bonds. The number of aryl methyl sites for hydroxylation is 1. The Balaban J connectivity index is 2.48. The summed E-state index contributed by atoms with van der Waals surface area (Å²) in [6.45, 7) is 5.48. The molecule has 1 rings (SSSR count). The lowest BCUT2D eigenvalue weighted by Crippen LogP contribution is -2.23. The van der Waals surface area contributed by atoms with E-state index >= 15 is 0 Å². The van der Waals surface area contributed by atoms with Gasteiger partial charge in [-0.1, -0.05) is 31.0 Å². The Labute approximate surface area is 104 Å². The third-order valence-corrected chi connectivity index (χ3v) is 4.37. The van der Waals surface area contributed by atoms with Gasteiger partial charge < -0.3 is 5.32 Å². The van der Waals surface area contributed by atoms with Crippen molar-refractivity contribution < 1.29 is 8.42 Å². The van der Waals surface area contributed by atoms with Crippen molar-refractivity contribution >= 4 is 9.84 Å². The maximum atomic E-state index is 11.9. The summed E-state index contributed by atoms with van der Waals surface area (Å²) in [5, 5.41) is 3.14. The summed E-state index contributed by atoms with van der Waals surface area (Å²) >= 11 is 0. The van der Waals surface area contributed by atoms with Gasteiger partial charge in [-0.3, -0.25) is 0 Å². The molecule has 0 radical (unpaired) electrons.